The molecule has 1 N–H and O–H groups in total. The third kappa shape index (κ3) is 1.92. The van der Waals surface area contributed by atoms with Gasteiger partial charge in [0.1, 0.15) is 6.10 Å². The maximum atomic E-state index is 9.55. The lowest BCUT2D eigenvalue weighted by Crippen LogP contribution is -1.94. The van der Waals surface area contributed by atoms with Gasteiger partial charge < -0.3 is 5.11 Å². The molecule has 0 aliphatic rings. The van der Waals surface area contributed by atoms with E-state index in [9.17, 15) is 5.11 Å². The number of hydrogen-bond donors (Lipinski definition) is 1. The molecule has 11 heavy (non-hydrogen) atoms. The molecule has 1 atom stereocenters. The summed E-state index contributed by atoms with van der Waals surface area (Å²) in [6, 6.07) is 1.92. The van der Waals surface area contributed by atoms with Crippen molar-refractivity contribution < 1.29 is 5.11 Å². The van der Waals surface area contributed by atoms with Crippen LogP contribution in [0.1, 0.15) is 17.9 Å². The summed E-state index contributed by atoms with van der Waals surface area (Å²) in [5.74, 6) is 0. The van der Waals surface area contributed by atoms with Crippen molar-refractivity contribution in [2.24, 2.45) is 0 Å². The van der Waals surface area contributed by atoms with Gasteiger partial charge in [0.2, 0.25) is 0 Å². The lowest BCUT2D eigenvalue weighted by Gasteiger charge is -2.07. The van der Waals surface area contributed by atoms with E-state index in [-0.39, 0.29) is 0 Å². The Morgan fingerprint density at radius 1 is 1.82 bits per heavy atom. The zero-order valence-corrected chi connectivity index (χ0v) is 8.58. The zero-order valence-electron chi connectivity index (χ0n) is 6.17. The summed E-state index contributed by atoms with van der Waals surface area (Å²) >= 11 is 4.87. The van der Waals surface area contributed by atoms with Crippen LogP contribution in [0, 0.1) is 0 Å². The van der Waals surface area contributed by atoms with Crippen LogP contribution in [0.15, 0.2) is 28.1 Å². The molecule has 1 rings (SSSR count). The van der Waals surface area contributed by atoms with E-state index < -0.39 is 6.10 Å². The molecule has 1 aromatic heterocycles. The van der Waals surface area contributed by atoms with Gasteiger partial charge in [0.25, 0.3) is 0 Å². The topological polar surface area (TPSA) is 20.2 Å². The van der Waals surface area contributed by atoms with Gasteiger partial charge in [-0.3, -0.25) is 0 Å². The minimum atomic E-state index is -0.524. The van der Waals surface area contributed by atoms with Crippen molar-refractivity contribution in [3.63, 3.8) is 0 Å². The standard InChI is InChI=1S/C8H9BrOS/c1-5(2)7(10)8-6(9)3-4-11-8/h3-4,7,10H,1H2,2H3. The van der Waals surface area contributed by atoms with Crippen molar-refractivity contribution in [2.75, 3.05) is 0 Å². The average molecular weight is 233 g/mol. The smallest absolute Gasteiger partial charge is 0.110 e. The van der Waals surface area contributed by atoms with Crippen LogP contribution in [0.4, 0.5) is 0 Å². The van der Waals surface area contributed by atoms with Gasteiger partial charge in [-0.05, 0) is 39.9 Å². The minimum absolute atomic E-state index is 0.524. The van der Waals surface area contributed by atoms with Crippen molar-refractivity contribution in [1.29, 1.82) is 0 Å². The van der Waals surface area contributed by atoms with Crippen LogP contribution in [0.25, 0.3) is 0 Å². The predicted octanol–water partition coefficient (Wildman–Crippen LogP) is 3.12. The monoisotopic (exact) mass is 232 g/mol. The number of thiophene rings is 1. The maximum Gasteiger partial charge on any atom is 0.110 e. The van der Waals surface area contributed by atoms with Crippen LogP contribution < -0.4 is 0 Å². The first-order valence-corrected chi connectivity index (χ1v) is 4.86. The highest BCUT2D eigenvalue weighted by atomic mass is 79.9. The number of hydrogen-bond acceptors (Lipinski definition) is 2. The van der Waals surface area contributed by atoms with Gasteiger partial charge in [-0.2, -0.15) is 0 Å². The molecule has 0 radical (unpaired) electrons. The molecule has 1 unspecified atom stereocenters. The number of rotatable bonds is 2. The normalized spacial score (nSPS) is 13.0. The van der Waals surface area contributed by atoms with Crippen LogP contribution in [-0.4, -0.2) is 5.11 Å². The second-order valence-corrected chi connectivity index (χ2v) is 4.18. The van der Waals surface area contributed by atoms with Gasteiger partial charge in [0.05, 0.1) is 4.88 Å². The highest BCUT2D eigenvalue weighted by Crippen LogP contribution is 2.31. The van der Waals surface area contributed by atoms with E-state index in [0.717, 1.165) is 14.9 Å². The molecule has 0 aliphatic carbocycles. The molecule has 1 nitrogen and oxygen atoms in total. The Kier molecular flexibility index (Phi) is 2.87. The van der Waals surface area contributed by atoms with E-state index >= 15 is 0 Å². The summed E-state index contributed by atoms with van der Waals surface area (Å²) < 4.78 is 0.956. The van der Waals surface area contributed by atoms with E-state index in [0.29, 0.717) is 0 Å². The van der Waals surface area contributed by atoms with Gasteiger partial charge in [0, 0.05) is 4.47 Å². The third-order valence-corrected chi connectivity index (χ3v) is 3.28. The van der Waals surface area contributed by atoms with E-state index in [1.165, 1.54) is 11.3 Å². The summed E-state index contributed by atoms with van der Waals surface area (Å²) in [6.45, 7) is 5.50. The van der Waals surface area contributed by atoms with E-state index in [2.05, 4.69) is 22.5 Å². The molecule has 0 fully saturated rings. The van der Waals surface area contributed by atoms with Gasteiger partial charge in [-0.1, -0.05) is 6.58 Å². The molecule has 0 aromatic carbocycles. The van der Waals surface area contributed by atoms with Crippen LogP contribution in [0.2, 0.25) is 0 Å². The molecule has 1 aromatic rings. The average Bonchev–Trinajstić information content (AvgIpc) is 2.33. The predicted molar refractivity (Wildman–Crippen MR) is 51.8 cm³/mol. The first-order chi connectivity index (χ1) is 5.13. The van der Waals surface area contributed by atoms with E-state index in [1.54, 1.807) is 0 Å². The summed E-state index contributed by atoms with van der Waals surface area (Å²) in [4.78, 5) is 0.928. The Balaban J connectivity index is 2.92. The van der Waals surface area contributed by atoms with Crippen molar-refractivity contribution in [1.82, 2.24) is 0 Å². The highest BCUT2D eigenvalue weighted by molar-refractivity contribution is 9.10. The fraction of sp³-hybridized carbons (Fsp3) is 0.250. The van der Waals surface area contributed by atoms with Crippen LogP contribution in [0.3, 0.4) is 0 Å². The maximum absolute atomic E-state index is 9.55. The fourth-order valence-corrected chi connectivity index (χ4v) is 2.39. The number of aliphatic hydroxyl groups excluding tert-OH is 1. The molecule has 0 spiro atoms. The summed E-state index contributed by atoms with van der Waals surface area (Å²) in [5, 5.41) is 11.5. The Morgan fingerprint density at radius 2 is 2.45 bits per heavy atom. The zero-order chi connectivity index (χ0) is 8.43. The molecule has 0 bridgehead atoms. The van der Waals surface area contributed by atoms with Gasteiger partial charge in [0.15, 0.2) is 0 Å². The van der Waals surface area contributed by atoms with Gasteiger partial charge in [-0.15, -0.1) is 11.3 Å². The van der Waals surface area contributed by atoms with Crippen LogP contribution >= 0.6 is 27.3 Å². The van der Waals surface area contributed by atoms with Crippen LogP contribution in [0.5, 0.6) is 0 Å². The van der Waals surface area contributed by atoms with Crippen LogP contribution in [-0.2, 0) is 0 Å². The molecule has 0 aliphatic heterocycles. The number of aliphatic hydroxyl groups is 1. The molecule has 60 valence electrons. The Bertz CT molecular complexity index is 267. The van der Waals surface area contributed by atoms with Crippen molar-refractivity contribution >= 4 is 27.3 Å². The van der Waals surface area contributed by atoms with E-state index in [4.69, 9.17) is 0 Å². The molecule has 0 saturated carbocycles. The molecule has 3 heteroatoms. The molecular formula is C8H9BrOS. The van der Waals surface area contributed by atoms with E-state index in [1.807, 2.05) is 18.4 Å². The first kappa shape index (κ1) is 8.97. The molecule has 1 heterocycles. The van der Waals surface area contributed by atoms with Gasteiger partial charge in [-0.25, -0.2) is 0 Å². The van der Waals surface area contributed by atoms with Crippen molar-refractivity contribution in [2.45, 2.75) is 13.0 Å². The lowest BCUT2D eigenvalue weighted by atomic mass is 10.2. The Hall–Kier alpha value is -0.120. The summed E-state index contributed by atoms with van der Waals surface area (Å²) in [5.41, 5.74) is 0.771. The quantitative estimate of drug-likeness (QED) is 0.778. The highest BCUT2D eigenvalue weighted by Gasteiger charge is 2.12. The second-order valence-electron chi connectivity index (χ2n) is 2.38. The van der Waals surface area contributed by atoms with Crippen molar-refractivity contribution in [3.8, 4) is 0 Å². The number of halogens is 1. The molecule has 0 amide bonds. The minimum Gasteiger partial charge on any atom is -0.383 e. The lowest BCUT2D eigenvalue weighted by molar-refractivity contribution is 0.219. The molecule has 0 saturated heterocycles. The van der Waals surface area contributed by atoms with Gasteiger partial charge >= 0.3 is 0 Å². The summed E-state index contributed by atoms with van der Waals surface area (Å²) in [7, 11) is 0. The first-order valence-electron chi connectivity index (χ1n) is 3.19. The SMILES string of the molecule is C=C(C)C(O)c1sccc1Br. The second kappa shape index (κ2) is 3.52. The third-order valence-electron chi connectivity index (χ3n) is 1.36. The largest absolute Gasteiger partial charge is 0.383 e. The van der Waals surface area contributed by atoms with Crippen molar-refractivity contribution in [3.05, 3.63) is 32.9 Å². The Morgan fingerprint density at radius 3 is 2.82 bits per heavy atom. The summed E-state index contributed by atoms with van der Waals surface area (Å²) in [6.07, 6.45) is -0.524. The molecular weight excluding hydrogens is 224 g/mol. The Labute approximate surface area is 78.5 Å². The fourth-order valence-electron chi connectivity index (χ4n) is 0.724.